The second kappa shape index (κ2) is 11.0. The predicted octanol–water partition coefficient (Wildman–Crippen LogP) is 5.62. The molecule has 26 heavy (non-hydrogen) atoms. The van der Waals surface area contributed by atoms with Crippen LogP contribution in [0.1, 0.15) is 50.8 Å². The number of pyridine rings is 1. The highest BCUT2D eigenvalue weighted by Gasteiger charge is 2.06. The van der Waals surface area contributed by atoms with Crippen molar-refractivity contribution >= 4 is 11.4 Å². The number of rotatable bonds is 10. The Morgan fingerprint density at radius 3 is 2.54 bits per heavy atom. The van der Waals surface area contributed by atoms with E-state index >= 15 is 0 Å². The van der Waals surface area contributed by atoms with E-state index in [1.54, 1.807) is 0 Å². The first-order valence-electron chi connectivity index (χ1n) is 9.37. The number of nitrogens with one attached hydrogen (secondary N) is 1. The molecule has 0 spiro atoms. The monoisotopic (exact) mass is 347 g/mol. The minimum Gasteiger partial charge on any atom is -0.385 e. The summed E-state index contributed by atoms with van der Waals surface area (Å²) in [5.74, 6) is 0. The molecule has 0 amide bonds. The zero-order chi connectivity index (χ0) is 18.6. The molecule has 1 N–H and O–H groups in total. The van der Waals surface area contributed by atoms with Gasteiger partial charge in [-0.3, -0.25) is 9.98 Å². The third-order valence-electron chi connectivity index (χ3n) is 4.18. The van der Waals surface area contributed by atoms with Crippen molar-refractivity contribution in [2.75, 3.05) is 6.54 Å². The second-order valence-corrected chi connectivity index (χ2v) is 6.18. The van der Waals surface area contributed by atoms with E-state index in [4.69, 9.17) is 4.99 Å². The summed E-state index contributed by atoms with van der Waals surface area (Å²) in [6, 6.07) is 16.2. The van der Waals surface area contributed by atoms with Crippen LogP contribution in [0.5, 0.6) is 0 Å². The van der Waals surface area contributed by atoms with Gasteiger partial charge < -0.3 is 5.32 Å². The highest BCUT2D eigenvalue weighted by atomic mass is 14.9. The highest BCUT2D eigenvalue weighted by molar-refractivity contribution is 5.99. The summed E-state index contributed by atoms with van der Waals surface area (Å²) in [6.07, 6.45) is 7.99. The van der Waals surface area contributed by atoms with E-state index < -0.39 is 0 Å². The maximum Gasteiger partial charge on any atom is 0.0844 e. The topological polar surface area (TPSA) is 37.3 Å². The fraction of sp³-hybridized carbons (Fsp3) is 0.304. The van der Waals surface area contributed by atoms with E-state index in [1.807, 2.05) is 49.5 Å². The van der Waals surface area contributed by atoms with E-state index in [-0.39, 0.29) is 0 Å². The van der Waals surface area contributed by atoms with E-state index in [0.717, 1.165) is 60.6 Å². The summed E-state index contributed by atoms with van der Waals surface area (Å²) in [6.45, 7) is 9.17. The Hall–Kier alpha value is -2.68. The van der Waals surface area contributed by atoms with Crippen molar-refractivity contribution in [1.29, 1.82) is 0 Å². The van der Waals surface area contributed by atoms with E-state index in [9.17, 15) is 0 Å². The van der Waals surface area contributed by atoms with Crippen LogP contribution < -0.4 is 5.32 Å². The van der Waals surface area contributed by atoms with Crippen LogP contribution in [0.25, 0.3) is 5.70 Å². The smallest absolute Gasteiger partial charge is 0.0844 e. The normalized spacial score (nSPS) is 12.1. The number of unbranched alkanes of at least 4 members (excludes halogenated alkanes) is 1. The maximum atomic E-state index is 4.92. The Labute approximate surface area is 157 Å². The van der Waals surface area contributed by atoms with Gasteiger partial charge in [0.05, 0.1) is 11.4 Å². The highest BCUT2D eigenvalue weighted by Crippen LogP contribution is 2.13. The van der Waals surface area contributed by atoms with Crippen molar-refractivity contribution in [2.45, 2.75) is 39.5 Å². The lowest BCUT2D eigenvalue weighted by Gasteiger charge is -2.11. The quantitative estimate of drug-likeness (QED) is 0.567. The minimum atomic E-state index is 0.806. The molecular formula is C23H29N3. The molecule has 0 fully saturated rings. The zero-order valence-corrected chi connectivity index (χ0v) is 15.9. The number of aromatic nitrogens is 1. The van der Waals surface area contributed by atoms with Gasteiger partial charge >= 0.3 is 0 Å². The van der Waals surface area contributed by atoms with Crippen LogP contribution in [0.3, 0.4) is 0 Å². The van der Waals surface area contributed by atoms with Crippen LogP contribution in [0, 0.1) is 0 Å². The molecule has 0 saturated heterocycles. The molecule has 2 aromatic rings. The number of hydrogen-bond acceptors (Lipinski definition) is 3. The standard InChI is InChI=1S/C23H29N3/c1-4-6-14-23(22-15-10-11-17-25-22)26-21(5-2)16-18-24-19(3)20-12-8-7-9-13-20/h5,7-13,15,17,24H,3-4,6,14,16,18H2,1-2H3/b21-5-,26-23?. The SMILES string of the molecule is C=C(NCC/C(=C/C)N=C(CCCC)c1ccccn1)c1ccccc1. The van der Waals surface area contributed by atoms with Gasteiger partial charge in [0.25, 0.3) is 0 Å². The van der Waals surface area contributed by atoms with Crippen molar-refractivity contribution in [3.8, 4) is 0 Å². The molecule has 0 saturated carbocycles. The van der Waals surface area contributed by atoms with Crippen molar-refractivity contribution in [1.82, 2.24) is 10.3 Å². The van der Waals surface area contributed by atoms with Crippen LogP contribution in [0.4, 0.5) is 0 Å². The fourth-order valence-corrected chi connectivity index (χ4v) is 2.64. The molecule has 0 bridgehead atoms. The van der Waals surface area contributed by atoms with Gasteiger partial charge in [0.2, 0.25) is 0 Å². The first-order chi connectivity index (χ1) is 12.7. The first kappa shape index (κ1) is 19.6. The van der Waals surface area contributed by atoms with Crippen molar-refractivity contribution < 1.29 is 0 Å². The Balaban J connectivity index is 1.99. The molecule has 0 aliphatic heterocycles. The Morgan fingerprint density at radius 1 is 1.12 bits per heavy atom. The molecule has 136 valence electrons. The number of benzene rings is 1. The molecule has 0 aliphatic rings. The molecule has 3 nitrogen and oxygen atoms in total. The average molecular weight is 348 g/mol. The number of aliphatic imine (C=N–C) groups is 1. The molecule has 3 heteroatoms. The Kier molecular flexibility index (Phi) is 8.34. The van der Waals surface area contributed by atoms with Crippen molar-refractivity contribution in [2.24, 2.45) is 4.99 Å². The van der Waals surface area contributed by atoms with Gasteiger partial charge in [-0.15, -0.1) is 0 Å². The van der Waals surface area contributed by atoms with Gasteiger partial charge in [0.1, 0.15) is 0 Å². The number of allylic oxidation sites excluding steroid dienone is 1. The average Bonchev–Trinajstić information content (AvgIpc) is 2.71. The largest absolute Gasteiger partial charge is 0.385 e. The van der Waals surface area contributed by atoms with Crippen LogP contribution in [-0.4, -0.2) is 17.2 Å². The van der Waals surface area contributed by atoms with Gasteiger partial charge in [-0.2, -0.15) is 0 Å². The second-order valence-electron chi connectivity index (χ2n) is 6.18. The van der Waals surface area contributed by atoms with E-state index in [0.29, 0.717) is 0 Å². The molecular weight excluding hydrogens is 318 g/mol. The molecule has 0 unspecified atom stereocenters. The summed E-state index contributed by atoms with van der Waals surface area (Å²) in [7, 11) is 0. The van der Waals surface area contributed by atoms with Crippen molar-refractivity contribution in [3.05, 3.63) is 84.3 Å². The molecule has 1 aromatic carbocycles. The van der Waals surface area contributed by atoms with Crippen LogP contribution in [0.2, 0.25) is 0 Å². The first-order valence-corrected chi connectivity index (χ1v) is 9.37. The summed E-state index contributed by atoms with van der Waals surface area (Å²) in [5.41, 5.74) is 5.19. The molecule has 2 rings (SSSR count). The van der Waals surface area contributed by atoms with Gasteiger partial charge in [0, 0.05) is 30.6 Å². The number of hydrogen-bond donors (Lipinski definition) is 1. The summed E-state index contributed by atoms with van der Waals surface area (Å²) < 4.78 is 0. The minimum absolute atomic E-state index is 0.806. The van der Waals surface area contributed by atoms with E-state index in [1.165, 1.54) is 0 Å². The Bertz CT molecular complexity index is 731. The van der Waals surface area contributed by atoms with Gasteiger partial charge in [-0.1, -0.05) is 62.4 Å². The van der Waals surface area contributed by atoms with Crippen LogP contribution >= 0.6 is 0 Å². The van der Waals surface area contributed by atoms with Crippen LogP contribution in [0.15, 0.2) is 78.1 Å². The Morgan fingerprint density at radius 2 is 1.88 bits per heavy atom. The molecule has 0 atom stereocenters. The van der Waals surface area contributed by atoms with Gasteiger partial charge in [-0.05, 0) is 37.5 Å². The lowest BCUT2D eigenvalue weighted by Crippen LogP contribution is -2.14. The number of nitrogens with zero attached hydrogens (tertiary/aromatic N) is 2. The fourth-order valence-electron chi connectivity index (χ4n) is 2.64. The molecule has 0 aliphatic carbocycles. The van der Waals surface area contributed by atoms with Crippen molar-refractivity contribution in [3.63, 3.8) is 0 Å². The molecule has 1 heterocycles. The summed E-state index contributed by atoms with van der Waals surface area (Å²) in [5, 5.41) is 3.40. The maximum absolute atomic E-state index is 4.92. The third-order valence-corrected chi connectivity index (χ3v) is 4.18. The lowest BCUT2D eigenvalue weighted by atomic mass is 10.1. The van der Waals surface area contributed by atoms with Crippen LogP contribution in [-0.2, 0) is 0 Å². The molecule has 0 radical (unpaired) electrons. The predicted molar refractivity (Wildman–Crippen MR) is 112 cm³/mol. The summed E-state index contributed by atoms with van der Waals surface area (Å²) >= 11 is 0. The summed E-state index contributed by atoms with van der Waals surface area (Å²) in [4.78, 5) is 9.40. The zero-order valence-electron chi connectivity index (χ0n) is 15.9. The van der Waals surface area contributed by atoms with Gasteiger partial charge in [0.15, 0.2) is 0 Å². The van der Waals surface area contributed by atoms with E-state index in [2.05, 4.69) is 42.0 Å². The molecule has 1 aromatic heterocycles. The third kappa shape index (κ3) is 6.32. The lowest BCUT2D eigenvalue weighted by molar-refractivity contribution is 0.816. The van der Waals surface area contributed by atoms with Gasteiger partial charge in [-0.25, -0.2) is 0 Å².